The zero-order valence-electron chi connectivity index (χ0n) is 29.6. The number of nitrogens with zero attached hydrogens (tertiary/aromatic N) is 1. The maximum absolute atomic E-state index is 15.0. The number of halogens is 4. The molecule has 4 aromatic carbocycles. The van der Waals surface area contributed by atoms with Gasteiger partial charge < -0.3 is 29.2 Å². The molecule has 284 valence electrons. The zero-order valence-corrected chi connectivity index (χ0v) is 29.6. The molecule has 0 aromatic heterocycles. The number of ether oxygens (including phenoxy) is 4. The van der Waals surface area contributed by atoms with Crippen molar-refractivity contribution in [3.8, 4) is 16.9 Å². The minimum atomic E-state index is -5.04. The van der Waals surface area contributed by atoms with E-state index in [1.54, 1.807) is 32.0 Å². The first-order valence-electron chi connectivity index (χ1n) is 16.5. The van der Waals surface area contributed by atoms with E-state index >= 15 is 4.39 Å². The monoisotopic (exact) mass is 752 g/mol. The number of carbonyl (C=O) groups is 5. The molecule has 4 aromatic rings. The molecule has 0 saturated heterocycles. The number of alkyl halides is 3. The molecule has 15 heteroatoms. The highest BCUT2D eigenvalue weighted by molar-refractivity contribution is 6.12. The summed E-state index contributed by atoms with van der Waals surface area (Å²) in [6, 6.07) is 20.3. The van der Waals surface area contributed by atoms with Crippen LogP contribution in [-0.4, -0.2) is 74.9 Å². The first-order chi connectivity index (χ1) is 25.6. The van der Waals surface area contributed by atoms with Crippen LogP contribution in [0.15, 0.2) is 91.0 Å². The Morgan fingerprint density at radius 2 is 1.35 bits per heavy atom. The predicted molar refractivity (Wildman–Crippen MR) is 187 cm³/mol. The summed E-state index contributed by atoms with van der Waals surface area (Å²) < 4.78 is 72.7. The Bertz CT molecular complexity index is 2000. The normalized spacial score (nSPS) is 11.3. The average Bonchev–Trinajstić information content (AvgIpc) is 3.12. The number of hydrogen-bond donors (Lipinski definition) is 1. The first kappa shape index (κ1) is 40.5. The van der Waals surface area contributed by atoms with Crippen LogP contribution in [0.2, 0.25) is 0 Å². The second kappa shape index (κ2) is 17.5. The molecule has 0 aliphatic heterocycles. The van der Waals surface area contributed by atoms with Gasteiger partial charge in [-0.2, -0.15) is 0 Å². The van der Waals surface area contributed by atoms with Gasteiger partial charge in [-0.1, -0.05) is 54.6 Å². The van der Waals surface area contributed by atoms with Crippen LogP contribution in [0.1, 0.15) is 45.7 Å². The fourth-order valence-corrected chi connectivity index (χ4v) is 5.40. The third-order valence-corrected chi connectivity index (χ3v) is 7.92. The van der Waals surface area contributed by atoms with Crippen molar-refractivity contribution in [1.29, 1.82) is 0 Å². The quantitative estimate of drug-likeness (QED) is 0.0663. The van der Waals surface area contributed by atoms with Crippen molar-refractivity contribution >= 4 is 35.4 Å². The molecule has 0 heterocycles. The van der Waals surface area contributed by atoms with Crippen LogP contribution in [0.3, 0.4) is 0 Å². The third kappa shape index (κ3) is 9.59. The minimum Gasteiger partial charge on any atom is -0.465 e. The molecule has 0 fully saturated rings. The first-order valence-corrected chi connectivity index (χ1v) is 16.5. The van der Waals surface area contributed by atoms with Gasteiger partial charge in [0, 0.05) is 31.3 Å². The molecule has 4 rings (SSSR count). The number of carbonyl (C=O) groups excluding carboxylic acids is 5. The fourth-order valence-electron chi connectivity index (χ4n) is 5.40. The average molecular weight is 753 g/mol. The molecular weight excluding hydrogens is 716 g/mol. The van der Waals surface area contributed by atoms with Crippen LogP contribution in [-0.2, 0) is 40.4 Å². The van der Waals surface area contributed by atoms with Crippen molar-refractivity contribution in [1.82, 2.24) is 4.90 Å². The zero-order chi connectivity index (χ0) is 39.6. The summed E-state index contributed by atoms with van der Waals surface area (Å²) >= 11 is 0. The summed E-state index contributed by atoms with van der Waals surface area (Å²) in [6.07, 6.45) is -5.46. The second-order valence-electron chi connectivity index (χ2n) is 11.8. The smallest absolute Gasteiger partial charge is 0.465 e. The number of rotatable bonds is 14. The van der Waals surface area contributed by atoms with Crippen molar-refractivity contribution < 1.29 is 60.5 Å². The molecule has 2 amide bonds. The highest BCUT2D eigenvalue weighted by atomic mass is 19.4. The lowest BCUT2D eigenvalue weighted by atomic mass is 9.81. The maximum Gasteiger partial charge on any atom is 0.573 e. The van der Waals surface area contributed by atoms with Gasteiger partial charge in [-0.3, -0.25) is 24.0 Å². The van der Waals surface area contributed by atoms with Crippen LogP contribution < -0.4 is 10.1 Å². The third-order valence-electron chi connectivity index (χ3n) is 7.92. The summed E-state index contributed by atoms with van der Waals surface area (Å²) in [7, 11) is 2.93. The van der Waals surface area contributed by atoms with Gasteiger partial charge in [-0.15, -0.1) is 13.2 Å². The van der Waals surface area contributed by atoms with Crippen molar-refractivity contribution in [2.75, 3.05) is 39.2 Å². The molecule has 0 aliphatic rings. The van der Waals surface area contributed by atoms with E-state index in [1.807, 2.05) is 0 Å². The molecule has 0 unspecified atom stereocenters. The maximum atomic E-state index is 15.0. The molecule has 0 saturated carbocycles. The molecule has 0 spiro atoms. The summed E-state index contributed by atoms with van der Waals surface area (Å²) in [4.78, 5) is 67.9. The topological polar surface area (TPSA) is 138 Å². The van der Waals surface area contributed by atoms with Gasteiger partial charge in [0.15, 0.2) is 0 Å². The Morgan fingerprint density at radius 1 is 0.722 bits per heavy atom. The van der Waals surface area contributed by atoms with Gasteiger partial charge in [0.05, 0.1) is 30.9 Å². The van der Waals surface area contributed by atoms with E-state index in [0.29, 0.717) is 6.07 Å². The van der Waals surface area contributed by atoms with Gasteiger partial charge in [-0.25, -0.2) is 4.39 Å². The van der Waals surface area contributed by atoms with Crippen LogP contribution in [0.5, 0.6) is 5.75 Å². The van der Waals surface area contributed by atoms with Gasteiger partial charge in [0.1, 0.15) is 18.2 Å². The molecule has 54 heavy (non-hydrogen) atoms. The van der Waals surface area contributed by atoms with E-state index < -0.39 is 66.1 Å². The van der Waals surface area contributed by atoms with E-state index in [9.17, 15) is 37.1 Å². The molecule has 0 radical (unpaired) electrons. The van der Waals surface area contributed by atoms with Gasteiger partial charge in [-0.05, 0) is 60.9 Å². The second-order valence-corrected chi connectivity index (χ2v) is 11.8. The number of amides is 2. The SMILES string of the molecule is CCOC(=O)C(COC(=O)Cc1ccc(NC(=O)c2ccccc2-c2ccc(OC(F)(F)F)cc2F)c(C(=O)N(C)C)c1)(C(=O)OCC)c1ccccc1. The Kier molecular flexibility index (Phi) is 13.1. The standard InChI is InChI=1S/C39H36F4N2O9/c1-5-51-36(49)38(37(50)52-6-2,25-12-8-7-9-13-25)23-53-33(46)21-24-16-19-32(30(20-24)35(48)45(3)4)44-34(47)29-15-11-10-14-27(29)28-18-17-26(22-31(28)40)54-39(41,42)43/h7-20,22H,5-6,21,23H2,1-4H3,(H,44,47). The Morgan fingerprint density at radius 3 is 1.94 bits per heavy atom. The van der Waals surface area contributed by atoms with E-state index in [4.69, 9.17) is 14.2 Å². The van der Waals surface area contributed by atoms with Crippen molar-refractivity contribution in [3.63, 3.8) is 0 Å². The Balaban J connectivity index is 1.60. The molecular formula is C39H36F4N2O9. The summed E-state index contributed by atoms with van der Waals surface area (Å²) in [5.41, 5.74) is -1.89. The highest BCUT2D eigenvalue weighted by Crippen LogP contribution is 2.33. The van der Waals surface area contributed by atoms with Crippen molar-refractivity contribution in [3.05, 3.63) is 119 Å². The lowest BCUT2D eigenvalue weighted by Crippen LogP contribution is -2.50. The van der Waals surface area contributed by atoms with Crippen molar-refractivity contribution in [2.24, 2.45) is 0 Å². The number of esters is 3. The van der Waals surface area contributed by atoms with E-state index in [2.05, 4.69) is 10.1 Å². The minimum absolute atomic E-state index is 0.0211. The summed E-state index contributed by atoms with van der Waals surface area (Å²) in [6.45, 7) is 2.23. The Labute approximate surface area is 307 Å². The molecule has 1 N–H and O–H groups in total. The molecule has 0 atom stereocenters. The molecule has 11 nitrogen and oxygen atoms in total. The van der Waals surface area contributed by atoms with Gasteiger partial charge in [0.2, 0.25) is 5.41 Å². The van der Waals surface area contributed by atoms with Crippen LogP contribution in [0, 0.1) is 5.82 Å². The van der Waals surface area contributed by atoms with Gasteiger partial charge >= 0.3 is 24.3 Å². The molecule has 0 bridgehead atoms. The number of benzene rings is 4. The molecule has 0 aliphatic carbocycles. The lowest BCUT2D eigenvalue weighted by molar-refractivity contribution is -0.274. The predicted octanol–water partition coefficient (Wildman–Crippen LogP) is 6.50. The fraction of sp³-hybridized carbons (Fsp3) is 0.256. The van der Waals surface area contributed by atoms with Gasteiger partial charge in [0.25, 0.3) is 11.8 Å². The van der Waals surface area contributed by atoms with Crippen LogP contribution in [0.4, 0.5) is 23.2 Å². The van der Waals surface area contributed by atoms with Crippen molar-refractivity contribution in [2.45, 2.75) is 32.0 Å². The van der Waals surface area contributed by atoms with Crippen LogP contribution in [0.25, 0.3) is 11.1 Å². The Hall–Kier alpha value is -6.25. The van der Waals surface area contributed by atoms with E-state index in [-0.39, 0.29) is 52.3 Å². The summed E-state index contributed by atoms with van der Waals surface area (Å²) in [5.74, 6) is -6.02. The number of hydrogen-bond acceptors (Lipinski definition) is 9. The highest BCUT2D eigenvalue weighted by Gasteiger charge is 2.52. The number of anilines is 1. The van der Waals surface area contributed by atoms with E-state index in [1.165, 1.54) is 73.6 Å². The largest absolute Gasteiger partial charge is 0.573 e. The lowest BCUT2D eigenvalue weighted by Gasteiger charge is -2.29. The summed E-state index contributed by atoms with van der Waals surface area (Å²) in [5, 5.41) is 2.63. The van der Waals surface area contributed by atoms with Crippen LogP contribution >= 0.6 is 0 Å². The number of nitrogens with one attached hydrogen (secondary N) is 1. The van der Waals surface area contributed by atoms with E-state index in [0.717, 1.165) is 12.1 Å².